The number of nitrogens with zero attached hydrogens (tertiary/aromatic N) is 6. The molecule has 72 valence electrons. The summed E-state index contributed by atoms with van der Waals surface area (Å²) < 4.78 is 1.46. The van der Waals surface area contributed by atoms with Crippen LogP contribution in [0.25, 0.3) is 5.13 Å². The molecule has 0 saturated carbocycles. The predicted molar refractivity (Wildman–Crippen MR) is 51.2 cm³/mol. The van der Waals surface area contributed by atoms with Gasteiger partial charge in [0.25, 0.3) is 0 Å². The van der Waals surface area contributed by atoms with Gasteiger partial charge in [-0.1, -0.05) is 11.3 Å². The fourth-order valence-corrected chi connectivity index (χ4v) is 1.73. The van der Waals surface area contributed by atoms with Crippen molar-refractivity contribution in [3.63, 3.8) is 0 Å². The lowest BCUT2D eigenvalue weighted by Crippen LogP contribution is -1.95. The minimum atomic E-state index is 0.102. The molecule has 0 radical (unpaired) electrons. The van der Waals surface area contributed by atoms with Gasteiger partial charge in [0.15, 0.2) is 11.4 Å². The van der Waals surface area contributed by atoms with Crippen LogP contribution in [0.15, 0.2) is 6.33 Å². The van der Waals surface area contributed by atoms with Crippen molar-refractivity contribution in [2.75, 3.05) is 0 Å². The highest BCUT2D eigenvalue weighted by Crippen LogP contribution is 2.17. The zero-order valence-corrected chi connectivity index (χ0v) is 8.49. The van der Waals surface area contributed by atoms with Gasteiger partial charge in [0.05, 0.1) is 0 Å². The third-order valence-corrected chi connectivity index (χ3v) is 2.54. The number of imidazole rings is 1. The first-order valence-corrected chi connectivity index (χ1v) is 4.76. The molecule has 0 aromatic carbocycles. The Morgan fingerprint density at radius 2 is 2.13 bits per heavy atom. The van der Waals surface area contributed by atoms with Crippen LogP contribution >= 0.6 is 11.3 Å². The van der Waals surface area contributed by atoms with E-state index in [0.29, 0.717) is 5.13 Å². The number of aryl methyl sites for hydroxylation is 1. The van der Waals surface area contributed by atoms with Gasteiger partial charge in [-0.05, 0) is 6.92 Å². The molecule has 0 aliphatic rings. The average Bonchev–Trinajstić information content (AvgIpc) is 2.82. The summed E-state index contributed by atoms with van der Waals surface area (Å²) >= 11 is 1.33. The van der Waals surface area contributed by atoms with Crippen LogP contribution in [0.5, 0.6) is 0 Å². The SMILES string of the molecule is Cc1nnc(-n2cnc(C#N)c2C#N)s1. The highest BCUT2D eigenvalue weighted by atomic mass is 32.1. The van der Waals surface area contributed by atoms with E-state index in [4.69, 9.17) is 10.5 Å². The molecule has 0 atom stereocenters. The summed E-state index contributed by atoms with van der Waals surface area (Å²) in [4.78, 5) is 3.81. The summed E-state index contributed by atoms with van der Waals surface area (Å²) in [5, 5.41) is 26.6. The first-order chi connectivity index (χ1) is 7.26. The van der Waals surface area contributed by atoms with Gasteiger partial charge in [0, 0.05) is 0 Å². The molecule has 0 unspecified atom stereocenters. The molecule has 2 aromatic rings. The lowest BCUT2D eigenvalue weighted by molar-refractivity contribution is 0.942. The molecule has 2 heterocycles. The second kappa shape index (κ2) is 3.48. The van der Waals surface area contributed by atoms with Crippen LogP contribution in [0.1, 0.15) is 16.4 Å². The standard InChI is InChI=1S/C8H4N6S/c1-5-12-13-8(15-5)14-4-11-6(2-9)7(14)3-10/h4H,1H3. The van der Waals surface area contributed by atoms with Crippen LogP contribution in [0.3, 0.4) is 0 Å². The minimum absolute atomic E-state index is 0.102. The zero-order chi connectivity index (χ0) is 10.8. The van der Waals surface area contributed by atoms with Crippen molar-refractivity contribution < 1.29 is 0 Å². The molecule has 6 nitrogen and oxygen atoms in total. The Kier molecular flexibility index (Phi) is 2.16. The lowest BCUT2D eigenvalue weighted by atomic mass is 10.4. The summed E-state index contributed by atoms with van der Waals surface area (Å²) in [6.45, 7) is 1.81. The number of nitriles is 2. The maximum absolute atomic E-state index is 8.88. The van der Waals surface area contributed by atoms with E-state index in [1.54, 1.807) is 0 Å². The predicted octanol–water partition coefficient (Wildman–Crippen LogP) is 0.776. The van der Waals surface area contributed by atoms with E-state index in [-0.39, 0.29) is 11.4 Å². The molecule has 0 saturated heterocycles. The molecular weight excluding hydrogens is 212 g/mol. The molecule has 0 fully saturated rings. The molecule has 7 heteroatoms. The van der Waals surface area contributed by atoms with Crippen molar-refractivity contribution in [1.29, 1.82) is 10.5 Å². The molecule has 15 heavy (non-hydrogen) atoms. The Labute approximate surface area is 89.1 Å². The van der Waals surface area contributed by atoms with E-state index in [2.05, 4.69) is 15.2 Å². The fourth-order valence-electron chi connectivity index (χ4n) is 1.07. The van der Waals surface area contributed by atoms with Crippen molar-refractivity contribution in [3.8, 4) is 17.3 Å². The topological polar surface area (TPSA) is 91.2 Å². The molecular formula is C8H4N6S. The average molecular weight is 216 g/mol. The van der Waals surface area contributed by atoms with Gasteiger partial charge in [0.1, 0.15) is 23.5 Å². The Balaban J connectivity index is 2.61. The maximum atomic E-state index is 8.88. The summed E-state index contributed by atoms with van der Waals surface area (Å²) in [7, 11) is 0. The van der Waals surface area contributed by atoms with Gasteiger partial charge < -0.3 is 0 Å². The molecule has 0 spiro atoms. The third-order valence-electron chi connectivity index (χ3n) is 1.70. The van der Waals surface area contributed by atoms with Crippen molar-refractivity contribution >= 4 is 11.3 Å². The van der Waals surface area contributed by atoms with E-state index in [9.17, 15) is 0 Å². The Morgan fingerprint density at radius 1 is 1.33 bits per heavy atom. The maximum Gasteiger partial charge on any atom is 0.218 e. The van der Waals surface area contributed by atoms with Gasteiger partial charge in [-0.25, -0.2) is 4.98 Å². The number of rotatable bonds is 1. The van der Waals surface area contributed by atoms with E-state index in [0.717, 1.165) is 5.01 Å². The quantitative estimate of drug-likeness (QED) is 0.702. The Morgan fingerprint density at radius 3 is 2.67 bits per heavy atom. The van der Waals surface area contributed by atoms with Crippen molar-refractivity contribution in [2.24, 2.45) is 0 Å². The van der Waals surface area contributed by atoms with E-state index in [1.165, 1.54) is 22.2 Å². The van der Waals surface area contributed by atoms with Crippen LogP contribution in [-0.2, 0) is 0 Å². The largest absolute Gasteiger partial charge is 0.263 e. The van der Waals surface area contributed by atoms with Crippen LogP contribution in [-0.4, -0.2) is 19.7 Å². The van der Waals surface area contributed by atoms with Crippen LogP contribution in [0.2, 0.25) is 0 Å². The summed E-state index contributed by atoms with van der Waals surface area (Å²) in [5.41, 5.74) is 0.291. The third kappa shape index (κ3) is 1.45. The fraction of sp³-hybridized carbons (Fsp3) is 0.125. The summed E-state index contributed by atoms with van der Waals surface area (Å²) in [5.74, 6) is 0. The number of hydrogen-bond acceptors (Lipinski definition) is 6. The highest BCUT2D eigenvalue weighted by molar-refractivity contribution is 7.13. The molecule has 0 N–H and O–H groups in total. The lowest BCUT2D eigenvalue weighted by Gasteiger charge is -1.94. The smallest absolute Gasteiger partial charge is 0.218 e. The normalized spacial score (nSPS) is 9.53. The van der Waals surface area contributed by atoms with Crippen LogP contribution < -0.4 is 0 Å². The zero-order valence-electron chi connectivity index (χ0n) is 7.67. The van der Waals surface area contributed by atoms with Crippen LogP contribution in [0, 0.1) is 29.6 Å². The van der Waals surface area contributed by atoms with E-state index >= 15 is 0 Å². The monoisotopic (exact) mass is 216 g/mol. The molecule has 0 amide bonds. The summed E-state index contributed by atoms with van der Waals surface area (Å²) in [6, 6.07) is 3.77. The highest BCUT2D eigenvalue weighted by Gasteiger charge is 2.13. The van der Waals surface area contributed by atoms with E-state index < -0.39 is 0 Å². The van der Waals surface area contributed by atoms with Gasteiger partial charge >= 0.3 is 0 Å². The molecule has 0 aliphatic heterocycles. The second-order valence-corrected chi connectivity index (χ2v) is 3.80. The first-order valence-electron chi connectivity index (χ1n) is 3.94. The molecule has 2 rings (SSSR count). The van der Waals surface area contributed by atoms with E-state index in [1.807, 2.05) is 19.1 Å². The summed E-state index contributed by atoms with van der Waals surface area (Å²) in [6.07, 6.45) is 1.40. The molecule has 0 bridgehead atoms. The van der Waals surface area contributed by atoms with Gasteiger partial charge in [0.2, 0.25) is 5.13 Å². The number of hydrogen-bond donors (Lipinski definition) is 0. The molecule has 0 aliphatic carbocycles. The van der Waals surface area contributed by atoms with Crippen molar-refractivity contribution in [3.05, 3.63) is 22.7 Å². The van der Waals surface area contributed by atoms with Gasteiger partial charge in [-0.15, -0.1) is 10.2 Å². The Hall–Kier alpha value is -2.25. The Bertz CT molecular complexity index is 581. The van der Waals surface area contributed by atoms with Crippen LogP contribution in [0.4, 0.5) is 0 Å². The molecule has 2 aromatic heterocycles. The second-order valence-electron chi connectivity index (χ2n) is 2.64. The van der Waals surface area contributed by atoms with Gasteiger partial charge in [-0.3, -0.25) is 4.57 Å². The minimum Gasteiger partial charge on any atom is -0.263 e. The van der Waals surface area contributed by atoms with Crippen molar-refractivity contribution in [2.45, 2.75) is 6.92 Å². The first kappa shape index (κ1) is 9.31. The van der Waals surface area contributed by atoms with Crippen molar-refractivity contribution in [1.82, 2.24) is 19.7 Å². The number of aromatic nitrogens is 4. The van der Waals surface area contributed by atoms with Gasteiger partial charge in [-0.2, -0.15) is 10.5 Å².